The summed E-state index contributed by atoms with van der Waals surface area (Å²) in [6, 6.07) is 10.6. The Labute approximate surface area is 146 Å². The Morgan fingerprint density at radius 2 is 1.96 bits per heavy atom. The molecule has 1 heterocycles. The predicted molar refractivity (Wildman–Crippen MR) is 95.3 cm³/mol. The Kier molecular flexibility index (Phi) is 3.83. The van der Waals surface area contributed by atoms with Gasteiger partial charge in [0, 0.05) is 11.6 Å². The van der Waals surface area contributed by atoms with Gasteiger partial charge in [0.05, 0.1) is 18.7 Å². The minimum atomic E-state index is -0.308. The molecule has 0 fully saturated rings. The largest absolute Gasteiger partial charge is 0.465 e. The van der Waals surface area contributed by atoms with Crippen molar-refractivity contribution in [2.45, 2.75) is 25.3 Å². The molecule has 1 N–H and O–H groups in total. The molecule has 25 heavy (non-hydrogen) atoms. The number of ether oxygens (including phenoxy) is 1. The van der Waals surface area contributed by atoms with Crippen LogP contribution < -0.4 is 5.32 Å². The van der Waals surface area contributed by atoms with Gasteiger partial charge in [-0.15, -0.1) is 0 Å². The maximum Gasteiger partial charge on any atom is 0.338 e. The van der Waals surface area contributed by atoms with Crippen LogP contribution in [0.25, 0.3) is 0 Å². The standard InChI is InChI=1S/C21H20FNO2/c1-12-6-11-17(21(24)25-2)18-15-4-3-5-16(15)20(23-19(12)18)13-7-9-14(22)10-8-13/h3-4,6-11,15-16,20,23H,5H2,1-2H3/t15-,16-,20+/m1/s1. The van der Waals surface area contributed by atoms with Crippen molar-refractivity contribution in [3.05, 3.63) is 76.6 Å². The molecule has 3 atom stereocenters. The summed E-state index contributed by atoms with van der Waals surface area (Å²) in [5.74, 6) is -0.0917. The average Bonchev–Trinajstić information content (AvgIpc) is 3.11. The van der Waals surface area contributed by atoms with Crippen LogP contribution in [0.4, 0.5) is 10.1 Å². The number of hydrogen-bond donors (Lipinski definition) is 1. The average molecular weight is 337 g/mol. The molecular formula is C21H20FNO2. The number of allylic oxidation sites excluding steroid dienone is 2. The second kappa shape index (κ2) is 6.03. The van der Waals surface area contributed by atoms with Gasteiger partial charge in [-0.1, -0.05) is 30.4 Å². The smallest absolute Gasteiger partial charge is 0.338 e. The highest BCUT2D eigenvalue weighted by molar-refractivity contribution is 5.94. The number of carbonyl (C=O) groups is 1. The fourth-order valence-electron chi connectivity index (χ4n) is 4.14. The van der Waals surface area contributed by atoms with E-state index >= 15 is 0 Å². The summed E-state index contributed by atoms with van der Waals surface area (Å²) in [6.07, 6.45) is 5.28. The van der Waals surface area contributed by atoms with Gasteiger partial charge in [0.25, 0.3) is 0 Å². The van der Waals surface area contributed by atoms with Crippen molar-refractivity contribution in [3.8, 4) is 0 Å². The first-order valence-corrected chi connectivity index (χ1v) is 8.50. The van der Waals surface area contributed by atoms with Gasteiger partial charge in [-0.25, -0.2) is 9.18 Å². The van der Waals surface area contributed by atoms with Crippen molar-refractivity contribution < 1.29 is 13.9 Å². The molecule has 3 nitrogen and oxygen atoms in total. The zero-order valence-electron chi connectivity index (χ0n) is 14.3. The number of aryl methyl sites for hydroxylation is 1. The third-order valence-corrected chi connectivity index (χ3v) is 5.36. The van der Waals surface area contributed by atoms with E-state index in [0.717, 1.165) is 28.8 Å². The Morgan fingerprint density at radius 1 is 1.20 bits per heavy atom. The maximum absolute atomic E-state index is 13.3. The summed E-state index contributed by atoms with van der Waals surface area (Å²) in [6.45, 7) is 2.04. The first kappa shape index (κ1) is 15.9. The summed E-state index contributed by atoms with van der Waals surface area (Å²) in [5, 5.41) is 3.62. The third-order valence-electron chi connectivity index (χ3n) is 5.36. The second-order valence-corrected chi connectivity index (χ2v) is 6.74. The predicted octanol–water partition coefficient (Wildman–Crippen LogP) is 4.75. The molecule has 0 aromatic heterocycles. The van der Waals surface area contributed by atoms with E-state index in [1.807, 2.05) is 31.2 Å². The Hall–Kier alpha value is -2.62. The van der Waals surface area contributed by atoms with Gasteiger partial charge in [-0.2, -0.15) is 0 Å². The first-order valence-electron chi connectivity index (χ1n) is 8.50. The van der Waals surface area contributed by atoms with Gasteiger partial charge < -0.3 is 10.1 Å². The first-order chi connectivity index (χ1) is 12.1. The highest BCUT2D eigenvalue weighted by atomic mass is 19.1. The van der Waals surface area contributed by atoms with Crippen LogP contribution in [-0.2, 0) is 4.74 Å². The van der Waals surface area contributed by atoms with Crippen LogP contribution in [0.5, 0.6) is 0 Å². The molecule has 2 aromatic carbocycles. The number of carbonyl (C=O) groups excluding carboxylic acids is 1. The van der Waals surface area contributed by atoms with Crippen molar-refractivity contribution in [3.63, 3.8) is 0 Å². The topological polar surface area (TPSA) is 38.3 Å². The van der Waals surface area contributed by atoms with E-state index in [9.17, 15) is 9.18 Å². The summed E-state index contributed by atoms with van der Waals surface area (Å²) in [5.41, 5.74) is 4.78. The molecule has 128 valence electrons. The molecule has 0 amide bonds. The molecule has 0 saturated heterocycles. The number of esters is 1. The van der Waals surface area contributed by atoms with E-state index < -0.39 is 0 Å². The fraction of sp³-hybridized carbons (Fsp3) is 0.286. The third kappa shape index (κ3) is 2.53. The van der Waals surface area contributed by atoms with E-state index in [4.69, 9.17) is 4.74 Å². The molecule has 0 radical (unpaired) electrons. The van der Waals surface area contributed by atoms with Crippen LogP contribution in [0.1, 0.15) is 45.4 Å². The van der Waals surface area contributed by atoms with Gasteiger partial charge in [0.2, 0.25) is 0 Å². The molecule has 2 aromatic rings. The molecule has 2 aliphatic rings. The monoisotopic (exact) mass is 337 g/mol. The van der Waals surface area contributed by atoms with E-state index in [1.54, 1.807) is 0 Å². The van der Waals surface area contributed by atoms with Crippen LogP contribution in [-0.4, -0.2) is 13.1 Å². The van der Waals surface area contributed by atoms with Crippen LogP contribution in [0.2, 0.25) is 0 Å². The van der Waals surface area contributed by atoms with Gasteiger partial charge in [-0.05, 0) is 54.2 Å². The molecule has 0 spiro atoms. The normalized spacial score (nSPS) is 23.6. The lowest BCUT2D eigenvalue weighted by Gasteiger charge is -2.39. The minimum absolute atomic E-state index is 0.0831. The molecule has 1 aliphatic carbocycles. The summed E-state index contributed by atoms with van der Waals surface area (Å²) in [7, 11) is 1.41. The van der Waals surface area contributed by atoms with Crippen LogP contribution in [0.3, 0.4) is 0 Å². The van der Waals surface area contributed by atoms with Gasteiger partial charge >= 0.3 is 5.97 Å². The van der Waals surface area contributed by atoms with Crippen LogP contribution >= 0.6 is 0 Å². The lowest BCUT2D eigenvalue weighted by molar-refractivity contribution is 0.0598. The van der Waals surface area contributed by atoms with Crippen LogP contribution in [0, 0.1) is 18.7 Å². The fourth-order valence-corrected chi connectivity index (χ4v) is 4.14. The summed E-state index contributed by atoms with van der Waals surface area (Å²) < 4.78 is 18.3. The van der Waals surface area contributed by atoms with E-state index in [-0.39, 0.29) is 23.7 Å². The number of benzene rings is 2. The quantitative estimate of drug-likeness (QED) is 0.635. The molecule has 4 rings (SSSR count). The Balaban J connectivity index is 1.85. The van der Waals surface area contributed by atoms with Crippen molar-refractivity contribution in [1.29, 1.82) is 0 Å². The number of nitrogens with one attached hydrogen (secondary N) is 1. The zero-order chi connectivity index (χ0) is 17.6. The summed E-state index contributed by atoms with van der Waals surface area (Å²) >= 11 is 0. The number of rotatable bonds is 2. The number of fused-ring (bicyclic) bond motifs is 3. The van der Waals surface area contributed by atoms with Gasteiger partial charge in [-0.3, -0.25) is 0 Å². The minimum Gasteiger partial charge on any atom is -0.465 e. The highest BCUT2D eigenvalue weighted by Gasteiger charge is 2.40. The van der Waals surface area contributed by atoms with Crippen molar-refractivity contribution >= 4 is 11.7 Å². The van der Waals surface area contributed by atoms with Crippen LogP contribution in [0.15, 0.2) is 48.6 Å². The molecule has 0 bridgehead atoms. The number of anilines is 1. The molecular weight excluding hydrogens is 317 g/mol. The number of methoxy groups -OCH3 is 1. The number of hydrogen-bond acceptors (Lipinski definition) is 3. The van der Waals surface area contributed by atoms with E-state index in [0.29, 0.717) is 11.5 Å². The van der Waals surface area contributed by atoms with Gasteiger partial charge in [0.15, 0.2) is 0 Å². The van der Waals surface area contributed by atoms with Gasteiger partial charge in [0.1, 0.15) is 5.82 Å². The lowest BCUT2D eigenvalue weighted by atomic mass is 9.75. The molecule has 1 aliphatic heterocycles. The number of halogens is 1. The van der Waals surface area contributed by atoms with Crippen molar-refractivity contribution in [1.82, 2.24) is 0 Å². The SMILES string of the molecule is COC(=O)c1ccc(C)c2c1[C@@H]1C=CC[C@H]1[C@H](c1ccc(F)cc1)N2. The van der Waals surface area contributed by atoms with E-state index in [1.165, 1.54) is 19.2 Å². The molecule has 0 unspecified atom stereocenters. The lowest BCUT2D eigenvalue weighted by Crippen LogP contribution is -2.31. The molecule has 4 heteroatoms. The highest BCUT2D eigenvalue weighted by Crippen LogP contribution is 2.51. The summed E-state index contributed by atoms with van der Waals surface area (Å²) in [4.78, 5) is 12.3. The zero-order valence-corrected chi connectivity index (χ0v) is 14.3. The Bertz CT molecular complexity index is 857. The van der Waals surface area contributed by atoms with E-state index in [2.05, 4.69) is 17.5 Å². The second-order valence-electron chi connectivity index (χ2n) is 6.74. The Morgan fingerprint density at radius 3 is 2.68 bits per heavy atom. The maximum atomic E-state index is 13.3. The van der Waals surface area contributed by atoms with Crippen molar-refractivity contribution in [2.24, 2.45) is 5.92 Å². The molecule has 0 saturated carbocycles. The van der Waals surface area contributed by atoms with Crippen molar-refractivity contribution in [2.75, 3.05) is 12.4 Å².